The fraction of sp³-hybridized carbons (Fsp3) is 1.00. The van der Waals surface area contributed by atoms with Crippen LogP contribution in [0.4, 0.5) is 0 Å². The molecule has 2 atom stereocenters. The highest BCUT2D eigenvalue weighted by molar-refractivity contribution is 8.18. The predicted octanol–water partition coefficient (Wildman–Crippen LogP) is 4.03. The summed E-state index contributed by atoms with van der Waals surface area (Å²) in [6.45, 7) is 0. The van der Waals surface area contributed by atoms with Gasteiger partial charge in [0.15, 0.2) is 0 Å². The molecule has 104 valence electrons. The van der Waals surface area contributed by atoms with Gasteiger partial charge in [-0.2, -0.15) is 73.2 Å². The third-order valence-electron chi connectivity index (χ3n) is 1.86. The molecule has 0 amide bonds. The van der Waals surface area contributed by atoms with Crippen LogP contribution >= 0.6 is 84.9 Å². The van der Waals surface area contributed by atoms with Crippen LogP contribution < -0.4 is 0 Å². The Morgan fingerprint density at radius 2 is 1.59 bits per heavy atom. The SMILES string of the molecule is CSC(CSCC(CS)SCCS)SCCS. The maximum Gasteiger partial charge on any atom is 0.0590 e. The molecule has 0 heterocycles. The van der Waals surface area contributed by atoms with Crippen LogP contribution in [0.15, 0.2) is 0 Å². The average molecular weight is 367 g/mol. The maximum atomic E-state index is 4.41. The van der Waals surface area contributed by atoms with Crippen molar-refractivity contribution in [1.82, 2.24) is 0 Å². The largest absolute Gasteiger partial charge is 0.179 e. The standard InChI is InChI=1S/C10H22S7/c1-14-10(17-5-3-12)8-15-7-9(6-13)16-4-2-11/h9-13H,2-8H2,1H3. The van der Waals surface area contributed by atoms with Gasteiger partial charge in [-0.25, -0.2) is 0 Å². The highest BCUT2D eigenvalue weighted by Crippen LogP contribution is 2.27. The van der Waals surface area contributed by atoms with Crippen LogP contribution in [0.5, 0.6) is 0 Å². The second-order valence-electron chi connectivity index (χ2n) is 3.20. The Kier molecular flexibility index (Phi) is 17.0. The average Bonchev–Trinajstić information content (AvgIpc) is 2.37. The van der Waals surface area contributed by atoms with Gasteiger partial charge in [-0.05, 0) is 17.8 Å². The van der Waals surface area contributed by atoms with Gasteiger partial charge in [0.2, 0.25) is 0 Å². The zero-order valence-corrected chi connectivity index (χ0v) is 16.0. The topological polar surface area (TPSA) is 0 Å². The summed E-state index contributed by atoms with van der Waals surface area (Å²) in [6.07, 6.45) is 2.20. The van der Waals surface area contributed by atoms with Crippen molar-refractivity contribution in [3.63, 3.8) is 0 Å². The molecule has 7 heteroatoms. The zero-order chi connectivity index (χ0) is 12.9. The first-order chi connectivity index (χ1) is 8.28. The van der Waals surface area contributed by atoms with E-state index in [1.54, 1.807) is 0 Å². The number of rotatable bonds is 12. The van der Waals surface area contributed by atoms with Crippen molar-refractivity contribution < 1.29 is 0 Å². The number of hydrogen-bond donors (Lipinski definition) is 3. The number of hydrogen-bond acceptors (Lipinski definition) is 7. The van der Waals surface area contributed by atoms with Crippen LogP contribution in [-0.2, 0) is 0 Å². The molecule has 0 N–H and O–H groups in total. The van der Waals surface area contributed by atoms with Crippen molar-refractivity contribution in [3.8, 4) is 0 Å². The summed E-state index contributed by atoms with van der Waals surface area (Å²) < 4.78 is 0.711. The lowest BCUT2D eigenvalue weighted by Crippen LogP contribution is -2.12. The normalized spacial score (nSPS) is 14.8. The Bertz CT molecular complexity index is 140. The molecule has 0 fully saturated rings. The minimum Gasteiger partial charge on any atom is -0.179 e. The van der Waals surface area contributed by atoms with Crippen molar-refractivity contribution in [3.05, 3.63) is 0 Å². The highest BCUT2D eigenvalue weighted by atomic mass is 32.2. The molecule has 2 unspecified atom stereocenters. The van der Waals surface area contributed by atoms with Gasteiger partial charge in [-0.3, -0.25) is 0 Å². The van der Waals surface area contributed by atoms with E-state index in [-0.39, 0.29) is 0 Å². The third-order valence-corrected chi connectivity index (χ3v) is 9.35. The zero-order valence-electron chi connectivity index (χ0n) is 10.1. The predicted molar refractivity (Wildman–Crippen MR) is 105 cm³/mol. The van der Waals surface area contributed by atoms with Crippen molar-refractivity contribution in [2.45, 2.75) is 9.83 Å². The van der Waals surface area contributed by atoms with Gasteiger partial charge in [0.05, 0.1) is 4.58 Å². The molecule has 0 aromatic heterocycles. The summed E-state index contributed by atoms with van der Waals surface area (Å²) in [5.41, 5.74) is 0. The lowest BCUT2D eigenvalue weighted by molar-refractivity contribution is 1.15. The van der Waals surface area contributed by atoms with Crippen LogP contribution in [0.3, 0.4) is 0 Å². The Morgan fingerprint density at radius 1 is 0.941 bits per heavy atom. The lowest BCUT2D eigenvalue weighted by Gasteiger charge is -2.16. The summed E-state index contributed by atoms with van der Waals surface area (Å²) in [5.74, 6) is 7.63. The van der Waals surface area contributed by atoms with Gasteiger partial charge in [0.25, 0.3) is 0 Å². The second-order valence-corrected chi connectivity index (χ2v) is 9.59. The van der Waals surface area contributed by atoms with Crippen molar-refractivity contribution in [1.29, 1.82) is 0 Å². The summed E-state index contributed by atoms with van der Waals surface area (Å²) in [5, 5.41) is 0.674. The highest BCUT2D eigenvalue weighted by Gasteiger charge is 2.11. The van der Waals surface area contributed by atoms with Crippen molar-refractivity contribution in [2.24, 2.45) is 0 Å². The lowest BCUT2D eigenvalue weighted by atomic mass is 10.5. The quantitative estimate of drug-likeness (QED) is 0.352. The fourth-order valence-corrected chi connectivity index (χ4v) is 6.92. The monoisotopic (exact) mass is 366 g/mol. The molecule has 0 aliphatic heterocycles. The molecule has 0 rings (SSSR count). The van der Waals surface area contributed by atoms with E-state index in [2.05, 4.69) is 55.9 Å². The molecule has 0 aliphatic rings. The second kappa shape index (κ2) is 14.9. The van der Waals surface area contributed by atoms with E-state index in [1.807, 2.05) is 35.3 Å². The molecular weight excluding hydrogens is 345 g/mol. The molecule has 0 saturated heterocycles. The van der Waals surface area contributed by atoms with Crippen LogP contribution in [-0.4, -0.2) is 56.4 Å². The molecular formula is C10H22S7. The minimum atomic E-state index is 0.674. The maximum absolute atomic E-state index is 4.41. The van der Waals surface area contributed by atoms with E-state index in [0.717, 1.165) is 28.8 Å². The summed E-state index contributed by atoms with van der Waals surface area (Å²) in [4.78, 5) is 0. The van der Waals surface area contributed by atoms with E-state index in [1.165, 1.54) is 11.5 Å². The molecule has 0 radical (unpaired) electrons. The number of thiol groups is 3. The summed E-state index contributed by atoms with van der Waals surface area (Å²) in [7, 11) is 0. The molecule has 0 saturated carbocycles. The molecule has 0 aliphatic carbocycles. The van der Waals surface area contributed by atoms with E-state index < -0.39 is 0 Å². The van der Waals surface area contributed by atoms with Crippen LogP contribution in [0, 0.1) is 0 Å². The third kappa shape index (κ3) is 11.9. The molecule has 0 aromatic rings. The van der Waals surface area contributed by atoms with Gasteiger partial charge in [0.1, 0.15) is 0 Å². The summed E-state index contributed by atoms with van der Waals surface area (Å²) in [6, 6.07) is 0. The van der Waals surface area contributed by atoms with E-state index in [4.69, 9.17) is 0 Å². The molecule has 17 heavy (non-hydrogen) atoms. The van der Waals surface area contributed by atoms with Gasteiger partial charge >= 0.3 is 0 Å². The minimum absolute atomic E-state index is 0.674. The molecule has 0 aromatic carbocycles. The Morgan fingerprint density at radius 3 is 2.12 bits per heavy atom. The Balaban J connectivity index is 3.61. The van der Waals surface area contributed by atoms with Crippen LogP contribution in [0.25, 0.3) is 0 Å². The van der Waals surface area contributed by atoms with Gasteiger partial charge < -0.3 is 0 Å². The first-order valence-corrected chi connectivity index (χ1v) is 11.9. The fourth-order valence-electron chi connectivity index (χ4n) is 1.04. The van der Waals surface area contributed by atoms with E-state index in [0.29, 0.717) is 9.83 Å². The van der Waals surface area contributed by atoms with Crippen LogP contribution in [0.1, 0.15) is 0 Å². The molecule has 0 spiro atoms. The molecule has 0 nitrogen and oxygen atoms in total. The van der Waals surface area contributed by atoms with Crippen molar-refractivity contribution >= 4 is 84.9 Å². The van der Waals surface area contributed by atoms with Gasteiger partial charge in [-0.15, -0.1) is 11.8 Å². The molecule has 0 bridgehead atoms. The number of thioether (sulfide) groups is 4. The van der Waals surface area contributed by atoms with Gasteiger partial charge in [0, 0.05) is 34.0 Å². The first kappa shape index (κ1) is 19.4. The van der Waals surface area contributed by atoms with Crippen molar-refractivity contribution in [2.75, 3.05) is 46.5 Å². The Labute approximate surface area is 140 Å². The smallest absolute Gasteiger partial charge is 0.0590 e. The van der Waals surface area contributed by atoms with Gasteiger partial charge in [-0.1, -0.05) is 0 Å². The Hall–Kier alpha value is 2.45. The van der Waals surface area contributed by atoms with E-state index in [9.17, 15) is 0 Å². The summed E-state index contributed by atoms with van der Waals surface area (Å²) >= 11 is 21.0. The van der Waals surface area contributed by atoms with Crippen LogP contribution in [0.2, 0.25) is 0 Å². The van der Waals surface area contributed by atoms with E-state index >= 15 is 0 Å². The first-order valence-electron chi connectivity index (χ1n) is 5.44.